The summed E-state index contributed by atoms with van der Waals surface area (Å²) in [7, 11) is -2.24. The van der Waals surface area contributed by atoms with E-state index in [0.29, 0.717) is 42.2 Å². The number of nitrogens with one attached hydrogen (secondary N) is 2. The van der Waals surface area contributed by atoms with Gasteiger partial charge in [-0.15, -0.1) is 11.3 Å². The van der Waals surface area contributed by atoms with Crippen molar-refractivity contribution in [1.82, 2.24) is 24.9 Å². The van der Waals surface area contributed by atoms with Crippen LogP contribution >= 0.6 is 11.3 Å². The monoisotopic (exact) mass is 751 g/mol. The molecule has 3 amide bonds. The van der Waals surface area contributed by atoms with Crippen molar-refractivity contribution in [3.8, 4) is 22.2 Å². The van der Waals surface area contributed by atoms with Crippen LogP contribution in [0.25, 0.3) is 21.6 Å². The summed E-state index contributed by atoms with van der Waals surface area (Å²) in [6.07, 6.45) is 6.91. The molecule has 0 spiro atoms. The molecule has 2 aromatic heterocycles. The number of pyridine rings is 1. The third kappa shape index (κ3) is 7.27. The van der Waals surface area contributed by atoms with E-state index < -0.39 is 44.8 Å². The summed E-state index contributed by atoms with van der Waals surface area (Å²) >= 11 is 1.50. The van der Waals surface area contributed by atoms with Gasteiger partial charge in [-0.05, 0) is 63.5 Å². The van der Waals surface area contributed by atoms with E-state index in [9.17, 15) is 22.8 Å². The molecule has 0 unspecified atom stereocenters. The molecular formula is C37H45N5O8S2. The number of carbonyl (C=O) groups is 3. The molecule has 1 saturated heterocycles. The highest BCUT2D eigenvalue weighted by Gasteiger charge is 2.62. The fraction of sp³-hybridized carbons (Fsp3) is 0.541. The normalized spacial score (nSPS) is 26.2. The molecule has 1 aromatic carbocycles. The average molecular weight is 752 g/mol. The Morgan fingerprint density at radius 1 is 1.17 bits per heavy atom. The second-order valence-corrected chi connectivity index (χ2v) is 17.3. The van der Waals surface area contributed by atoms with Gasteiger partial charge < -0.3 is 24.4 Å². The van der Waals surface area contributed by atoms with Crippen molar-refractivity contribution in [2.75, 3.05) is 26.9 Å². The van der Waals surface area contributed by atoms with E-state index in [2.05, 4.69) is 23.9 Å². The number of fused-ring (bicyclic) bond motifs is 3. The first-order valence-corrected chi connectivity index (χ1v) is 20.4. The lowest BCUT2D eigenvalue weighted by Gasteiger charge is -2.26. The van der Waals surface area contributed by atoms with Crippen LogP contribution in [0.1, 0.15) is 76.0 Å². The number of allylic oxidation sites excluding steroid dienone is 1. The Kier molecular flexibility index (Phi) is 10.0. The van der Waals surface area contributed by atoms with Gasteiger partial charge >= 0.3 is 0 Å². The molecule has 2 aliphatic heterocycles. The maximum atomic E-state index is 14.2. The van der Waals surface area contributed by atoms with Gasteiger partial charge in [-0.2, -0.15) is 0 Å². The second kappa shape index (κ2) is 14.4. The highest BCUT2D eigenvalue weighted by Crippen LogP contribution is 2.46. The number of carbonyl (C=O) groups excluding carboxylic acids is 3. The van der Waals surface area contributed by atoms with E-state index in [-0.39, 0.29) is 43.7 Å². The highest BCUT2D eigenvalue weighted by atomic mass is 32.2. The Labute approximate surface area is 307 Å². The number of hydrogen-bond acceptors (Lipinski definition) is 11. The lowest BCUT2D eigenvalue weighted by molar-refractivity contribution is -0.143. The molecule has 0 bridgehead atoms. The van der Waals surface area contributed by atoms with Crippen molar-refractivity contribution in [2.45, 2.75) is 94.6 Å². The fourth-order valence-corrected chi connectivity index (χ4v) is 9.30. The molecular weight excluding hydrogens is 707 g/mol. The third-order valence-electron chi connectivity index (χ3n) is 10.3. The van der Waals surface area contributed by atoms with E-state index in [1.807, 2.05) is 42.7 Å². The van der Waals surface area contributed by atoms with Gasteiger partial charge in [-0.1, -0.05) is 26.0 Å². The lowest BCUT2D eigenvalue weighted by atomic mass is 10.1. The van der Waals surface area contributed by atoms with Crippen LogP contribution in [0.15, 0.2) is 35.7 Å². The zero-order chi connectivity index (χ0) is 36.8. The van der Waals surface area contributed by atoms with E-state index in [0.717, 1.165) is 40.9 Å². The number of methoxy groups -OCH3 is 1. The molecule has 7 rings (SSSR count). The van der Waals surface area contributed by atoms with Gasteiger partial charge in [0, 0.05) is 41.3 Å². The Morgan fingerprint density at radius 3 is 2.71 bits per heavy atom. The average Bonchev–Trinajstić information content (AvgIpc) is 3.98. The molecule has 2 saturated carbocycles. The maximum Gasteiger partial charge on any atom is 0.259 e. The summed E-state index contributed by atoms with van der Waals surface area (Å²) in [5.41, 5.74) is 1.68. The van der Waals surface area contributed by atoms with Crippen LogP contribution in [0, 0.1) is 12.8 Å². The van der Waals surface area contributed by atoms with Crippen LogP contribution in [-0.4, -0.2) is 90.8 Å². The molecule has 4 aliphatic rings. The van der Waals surface area contributed by atoms with E-state index in [4.69, 9.17) is 24.2 Å². The Balaban J connectivity index is 1.20. The van der Waals surface area contributed by atoms with Crippen LogP contribution in [0.2, 0.25) is 0 Å². The summed E-state index contributed by atoms with van der Waals surface area (Å²) in [4.78, 5) is 52.7. The molecule has 0 radical (unpaired) electrons. The van der Waals surface area contributed by atoms with E-state index >= 15 is 0 Å². The van der Waals surface area contributed by atoms with Gasteiger partial charge in [0.15, 0.2) is 0 Å². The van der Waals surface area contributed by atoms with Crippen molar-refractivity contribution in [3.05, 3.63) is 47.0 Å². The molecule has 13 nitrogen and oxygen atoms in total. The number of ether oxygens (including phenoxy) is 3. The number of sulfonamides is 1. The van der Waals surface area contributed by atoms with Gasteiger partial charge in [0.05, 0.1) is 30.1 Å². The summed E-state index contributed by atoms with van der Waals surface area (Å²) in [6.45, 7) is 6.38. The SMILES string of the molecule is COc1ccc2c(O[C@@H]3C[C@H]4C(=O)N[C@]5(C(=O)NS(=O)(=O)C6CC6)C[C@H]5/C=C\CCCCOCC(=O)N4C3)cc(-c3nc(C(C)C)cs3)nc2c1C. The summed E-state index contributed by atoms with van der Waals surface area (Å²) in [5, 5.41) is 5.81. The minimum absolute atomic E-state index is 0.0991. The van der Waals surface area contributed by atoms with Crippen molar-refractivity contribution >= 4 is 50.0 Å². The van der Waals surface area contributed by atoms with Gasteiger partial charge in [0.2, 0.25) is 21.8 Å². The van der Waals surface area contributed by atoms with Crippen molar-refractivity contribution in [3.63, 3.8) is 0 Å². The van der Waals surface area contributed by atoms with Crippen LogP contribution in [0.5, 0.6) is 11.5 Å². The zero-order valence-electron chi connectivity index (χ0n) is 29.8. The van der Waals surface area contributed by atoms with Gasteiger partial charge in [-0.3, -0.25) is 19.1 Å². The largest absolute Gasteiger partial charge is 0.496 e. The minimum Gasteiger partial charge on any atom is -0.496 e. The van der Waals surface area contributed by atoms with Gasteiger partial charge in [0.25, 0.3) is 5.91 Å². The number of aryl methyl sites for hydroxylation is 1. The highest BCUT2D eigenvalue weighted by molar-refractivity contribution is 7.91. The molecule has 2 aliphatic carbocycles. The van der Waals surface area contributed by atoms with Crippen LogP contribution < -0.4 is 19.5 Å². The topological polar surface area (TPSA) is 166 Å². The Bertz CT molecular complexity index is 2030. The smallest absolute Gasteiger partial charge is 0.259 e. The predicted octanol–water partition coefficient (Wildman–Crippen LogP) is 4.39. The number of amides is 3. The summed E-state index contributed by atoms with van der Waals surface area (Å²) in [6, 6.07) is 4.60. The first-order chi connectivity index (χ1) is 24.9. The standard InChI is InChI=1S/C37H45N5O8S2/c1-21(2)28-20-51-35(39-28)27-16-31(26-12-13-30(48-4)22(3)33(26)38-27)50-24-15-29-34(44)40-37(36(45)41-52(46,47)25-10-11-25)17-23(37)9-7-5-6-8-14-49-19-32(43)42(29)18-24/h7,9,12-13,16,20-21,23-25,29H,5-6,8,10-11,14-15,17-19H2,1-4H3,(H,40,44)(H,41,45)/b9-7-/t23-,24-,29+,37-/m1/s1. The minimum atomic E-state index is -3.85. The van der Waals surface area contributed by atoms with Crippen molar-refractivity contribution in [2.24, 2.45) is 5.92 Å². The van der Waals surface area contributed by atoms with Gasteiger partial charge in [0.1, 0.15) is 46.5 Å². The lowest BCUT2D eigenvalue weighted by Crippen LogP contribution is -2.56. The first-order valence-electron chi connectivity index (χ1n) is 17.9. The Hall–Kier alpha value is -4.08. The fourth-order valence-electron chi connectivity index (χ4n) is 7.00. The number of hydrogen-bond donors (Lipinski definition) is 2. The van der Waals surface area contributed by atoms with E-state index in [1.165, 1.54) is 16.2 Å². The maximum absolute atomic E-state index is 14.2. The predicted molar refractivity (Wildman–Crippen MR) is 196 cm³/mol. The van der Waals surface area contributed by atoms with E-state index in [1.54, 1.807) is 7.11 Å². The first kappa shape index (κ1) is 36.3. The molecule has 2 N–H and O–H groups in total. The number of benzene rings is 1. The molecule has 4 atom stereocenters. The summed E-state index contributed by atoms with van der Waals surface area (Å²) < 4.78 is 45.8. The van der Waals surface area contributed by atoms with Crippen LogP contribution in [0.4, 0.5) is 0 Å². The number of rotatable bonds is 8. The summed E-state index contributed by atoms with van der Waals surface area (Å²) in [5.74, 6) is -0.598. The second-order valence-electron chi connectivity index (χ2n) is 14.5. The Morgan fingerprint density at radius 2 is 1.98 bits per heavy atom. The molecule has 3 fully saturated rings. The van der Waals surface area contributed by atoms with Crippen LogP contribution in [-0.2, 0) is 29.1 Å². The molecule has 3 aromatic rings. The number of thiazole rings is 1. The third-order valence-corrected chi connectivity index (χ3v) is 13.0. The quantitative estimate of drug-likeness (QED) is 0.316. The van der Waals surface area contributed by atoms with Crippen molar-refractivity contribution in [1.29, 1.82) is 0 Å². The number of nitrogens with zero attached hydrogens (tertiary/aromatic N) is 3. The van der Waals surface area contributed by atoms with Gasteiger partial charge in [-0.25, -0.2) is 18.4 Å². The molecule has 15 heteroatoms. The molecule has 52 heavy (non-hydrogen) atoms. The number of aromatic nitrogens is 2. The zero-order valence-corrected chi connectivity index (χ0v) is 31.5. The van der Waals surface area contributed by atoms with Crippen molar-refractivity contribution < 1.29 is 37.0 Å². The van der Waals surface area contributed by atoms with Crippen LogP contribution in [0.3, 0.4) is 0 Å². The molecule has 4 heterocycles. The molecule has 278 valence electrons.